The number of nitrogens with one attached hydrogen (secondary N) is 1. The van der Waals surface area contributed by atoms with Crippen molar-refractivity contribution in [1.82, 2.24) is 15.0 Å². The minimum atomic E-state index is -0.488. The van der Waals surface area contributed by atoms with Crippen molar-refractivity contribution >= 4 is 28.3 Å². The Morgan fingerprint density at radius 2 is 1.90 bits per heavy atom. The maximum atomic E-state index is 11.9. The van der Waals surface area contributed by atoms with Crippen LogP contribution in [0.4, 0.5) is 11.5 Å². The summed E-state index contributed by atoms with van der Waals surface area (Å²) in [5.41, 5.74) is 9.54. The van der Waals surface area contributed by atoms with Gasteiger partial charge in [-0.1, -0.05) is 18.2 Å². The number of anilines is 2. The first-order chi connectivity index (χ1) is 14.2. The third-order valence-corrected chi connectivity index (χ3v) is 5.13. The molecule has 0 saturated heterocycles. The van der Waals surface area contributed by atoms with E-state index in [1.165, 1.54) is 18.4 Å². The number of hydrogen-bond acceptors (Lipinski definition) is 5. The fraction of sp³-hybridized carbons (Fsp3) is 0.130. The average molecular weight is 381 g/mol. The smallest absolute Gasteiger partial charge is 0.250 e. The summed E-state index contributed by atoms with van der Waals surface area (Å²) in [5, 5.41) is 4.24. The molecular weight excluding hydrogens is 362 g/mol. The highest BCUT2D eigenvalue weighted by molar-refractivity contribution is 6.01. The van der Waals surface area contributed by atoms with E-state index in [0.717, 1.165) is 16.5 Å². The molecule has 1 aliphatic rings. The number of aromatic nitrogens is 3. The lowest BCUT2D eigenvalue weighted by atomic mass is 10.1. The van der Waals surface area contributed by atoms with Crippen molar-refractivity contribution in [2.45, 2.75) is 18.8 Å². The van der Waals surface area contributed by atoms with Crippen LogP contribution in [0.25, 0.3) is 22.3 Å². The van der Waals surface area contributed by atoms with Crippen LogP contribution in [0.15, 0.2) is 67.0 Å². The Kier molecular flexibility index (Phi) is 4.17. The summed E-state index contributed by atoms with van der Waals surface area (Å²) in [6, 6.07) is 17.3. The van der Waals surface area contributed by atoms with Crippen LogP contribution in [0.2, 0.25) is 0 Å². The van der Waals surface area contributed by atoms with Gasteiger partial charge in [0.1, 0.15) is 5.82 Å². The Hall–Kier alpha value is -3.80. The summed E-state index contributed by atoms with van der Waals surface area (Å²) < 4.78 is 0. The van der Waals surface area contributed by atoms with Gasteiger partial charge in [0.25, 0.3) is 5.91 Å². The van der Waals surface area contributed by atoms with Gasteiger partial charge in [0, 0.05) is 23.3 Å². The minimum absolute atomic E-state index is 0.417. The molecule has 29 heavy (non-hydrogen) atoms. The molecule has 2 heterocycles. The van der Waals surface area contributed by atoms with Gasteiger partial charge in [-0.05, 0) is 60.7 Å². The maximum Gasteiger partial charge on any atom is 0.250 e. The van der Waals surface area contributed by atoms with Crippen LogP contribution in [-0.4, -0.2) is 20.9 Å². The predicted octanol–water partition coefficient (Wildman–Crippen LogP) is 4.41. The number of hydrogen-bond donors (Lipinski definition) is 2. The highest BCUT2D eigenvalue weighted by atomic mass is 16.1. The molecule has 4 aromatic rings. The van der Waals surface area contributed by atoms with Crippen LogP contribution < -0.4 is 11.1 Å². The number of para-hydroxylation sites is 1. The summed E-state index contributed by atoms with van der Waals surface area (Å²) >= 11 is 0. The molecule has 0 radical (unpaired) electrons. The first kappa shape index (κ1) is 17.3. The van der Waals surface area contributed by atoms with Crippen LogP contribution in [0.5, 0.6) is 0 Å². The molecule has 1 fully saturated rings. The first-order valence-corrected chi connectivity index (χ1v) is 9.57. The van der Waals surface area contributed by atoms with Crippen molar-refractivity contribution in [2.75, 3.05) is 5.32 Å². The van der Waals surface area contributed by atoms with Gasteiger partial charge in [-0.2, -0.15) is 0 Å². The molecule has 2 aromatic carbocycles. The van der Waals surface area contributed by atoms with Gasteiger partial charge in [0.05, 0.1) is 16.8 Å². The molecule has 0 unspecified atom stereocenters. The van der Waals surface area contributed by atoms with Gasteiger partial charge in [-0.25, -0.2) is 9.97 Å². The monoisotopic (exact) mass is 381 g/mol. The van der Waals surface area contributed by atoms with E-state index in [2.05, 4.69) is 22.4 Å². The summed E-state index contributed by atoms with van der Waals surface area (Å²) in [7, 11) is 0. The van der Waals surface area contributed by atoms with Crippen LogP contribution in [0, 0.1) is 0 Å². The Labute approximate surface area is 167 Å². The molecule has 0 aliphatic heterocycles. The topological polar surface area (TPSA) is 93.8 Å². The first-order valence-electron chi connectivity index (χ1n) is 9.57. The number of amides is 1. The molecule has 0 atom stereocenters. The van der Waals surface area contributed by atoms with Crippen LogP contribution in [0.1, 0.15) is 34.7 Å². The number of nitrogens with two attached hydrogens (primary N) is 1. The van der Waals surface area contributed by atoms with Gasteiger partial charge >= 0.3 is 0 Å². The minimum Gasteiger partial charge on any atom is -0.366 e. The second kappa shape index (κ2) is 6.98. The van der Waals surface area contributed by atoms with Crippen LogP contribution in [0.3, 0.4) is 0 Å². The third-order valence-electron chi connectivity index (χ3n) is 5.13. The number of nitrogens with zero attached hydrogens (tertiary/aromatic N) is 3. The largest absolute Gasteiger partial charge is 0.366 e. The van der Waals surface area contributed by atoms with Crippen molar-refractivity contribution < 1.29 is 4.79 Å². The lowest BCUT2D eigenvalue weighted by Gasteiger charge is -2.14. The summed E-state index contributed by atoms with van der Waals surface area (Å²) in [4.78, 5) is 25.5. The number of carbonyl (C=O) groups excluding carboxylic acids is 1. The standard InChI is InChI=1S/C23H19N5O/c24-21(29)17-5-1-2-6-19(17)27-23-18-12-15(14-7-8-14)9-10-20(18)26-22(28-23)16-4-3-11-25-13-16/h1-6,9-14H,7-8H2,(H2,24,29)(H,26,27,28). The Balaban J connectivity index is 1.68. The van der Waals surface area contributed by atoms with Crippen LogP contribution >= 0.6 is 0 Å². The molecule has 0 spiro atoms. The SMILES string of the molecule is NC(=O)c1ccccc1Nc1nc(-c2cccnc2)nc2ccc(C3CC3)cc12. The molecule has 6 heteroatoms. The Morgan fingerprint density at radius 1 is 1.03 bits per heavy atom. The molecule has 0 bridgehead atoms. The molecule has 3 N–H and O–H groups in total. The van der Waals surface area contributed by atoms with Crippen molar-refractivity contribution in [1.29, 1.82) is 0 Å². The van der Waals surface area contributed by atoms with Gasteiger partial charge in [0.2, 0.25) is 0 Å². The van der Waals surface area contributed by atoms with E-state index in [-0.39, 0.29) is 0 Å². The third kappa shape index (κ3) is 3.40. The highest BCUT2D eigenvalue weighted by Crippen LogP contribution is 2.41. The van der Waals surface area contributed by atoms with E-state index in [4.69, 9.17) is 15.7 Å². The zero-order valence-electron chi connectivity index (χ0n) is 15.7. The average Bonchev–Trinajstić information content (AvgIpc) is 3.60. The molecule has 1 aliphatic carbocycles. The molecule has 2 aromatic heterocycles. The van der Waals surface area contributed by atoms with Crippen molar-refractivity contribution in [3.8, 4) is 11.4 Å². The molecule has 1 saturated carbocycles. The molecule has 1 amide bonds. The molecule has 5 rings (SSSR count). The second-order valence-corrected chi connectivity index (χ2v) is 7.22. The fourth-order valence-corrected chi connectivity index (χ4v) is 3.47. The summed E-state index contributed by atoms with van der Waals surface area (Å²) in [6.45, 7) is 0. The molecule has 142 valence electrons. The number of rotatable bonds is 5. The van der Waals surface area contributed by atoms with E-state index in [0.29, 0.717) is 28.8 Å². The Bertz CT molecular complexity index is 1220. The van der Waals surface area contributed by atoms with Gasteiger partial charge in [-0.3, -0.25) is 9.78 Å². The quantitative estimate of drug-likeness (QED) is 0.534. The van der Waals surface area contributed by atoms with E-state index < -0.39 is 5.91 Å². The number of benzene rings is 2. The van der Waals surface area contributed by atoms with Gasteiger partial charge in [0.15, 0.2) is 5.82 Å². The molecular formula is C23H19N5O. The lowest BCUT2D eigenvalue weighted by Crippen LogP contribution is -2.13. The van der Waals surface area contributed by atoms with Gasteiger partial charge in [-0.15, -0.1) is 0 Å². The molecule has 6 nitrogen and oxygen atoms in total. The fourth-order valence-electron chi connectivity index (χ4n) is 3.47. The zero-order valence-corrected chi connectivity index (χ0v) is 15.7. The number of fused-ring (bicyclic) bond motifs is 1. The van der Waals surface area contributed by atoms with E-state index in [1.54, 1.807) is 24.5 Å². The predicted molar refractivity (Wildman–Crippen MR) is 113 cm³/mol. The van der Waals surface area contributed by atoms with Gasteiger partial charge < -0.3 is 11.1 Å². The lowest BCUT2D eigenvalue weighted by molar-refractivity contribution is 0.100. The van der Waals surface area contributed by atoms with Crippen LogP contribution in [-0.2, 0) is 0 Å². The highest BCUT2D eigenvalue weighted by Gasteiger charge is 2.24. The second-order valence-electron chi connectivity index (χ2n) is 7.22. The van der Waals surface area contributed by atoms with E-state index >= 15 is 0 Å². The number of carbonyl (C=O) groups is 1. The summed E-state index contributed by atoms with van der Waals surface area (Å²) in [5.74, 6) is 1.34. The van der Waals surface area contributed by atoms with Crippen molar-refractivity contribution in [3.63, 3.8) is 0 Å². The van der Waals surface area contributed by atoms with Crippen molar-refractivity contribution in [2.24, 2.45) is 5.73 Å². The number of pyridine rings is 1. The maximum absolute atomic E-state index is 11.9. The Morgan fingerprint density at radius 3 is 2.66 bits per heavy atom. The van der Waals surface area contributed by atoms with Crippen molar-refractivity contribution in [3.05, 3.63) is 78.1 Å². The zero-order chi connectivity index (χ0) is 19.8. The summed E-state index contributed by atoms with van der Waals surface area (Å²) in [6.07, 6.45) is 5.89. The normalized spacial score (nSPS) is 13.4. The van der Waals surface area contributed by atoms with E-state index in [1.807, 2.05) is 30.3 Å². The number of primary amides is 1. The van der Waals surface area contributed by atoms with E-state index in [9.17, 15) is 4.79 Å².